The smallest absolute Gasteiger partial charge is 0.341 e. The van der Waals surface area contributed by atoms with Crippen molar-refractivity contribution in [2.45, 2.75) is 33.3 Å². The summed E-state index contributed by atoms with van der Waals surface area (Å²) in [5.41, 5.74) is 2.90. The molecule has 0 saturated heterocycles. The van der Waals surface area contributed by atoms with Crippen LogP contribution in [0.15, 0.2) is 17.8 Å². The Labute approximate surface area is 170 Å². The maximum atomic E-state index is 12.7. The van der Waals surface area contributed by atoms with Crippen LogP contribution in [0.3, 0.4) is 0 Å². The molecule has 7 nitrogen and oxygen atoms in total. The first kappa shape index (κ1) is 18.8. The average molecular weight is 417 g/mol. The number of amides is 1. The molecule has 0 bridgehead atoms. The van der Waals surface area contributed by atoms with Gasteiger partial charge in [0.15, 0.2) is 0 Å². The van der Waals surface area contributed by atoms with Crippen molar-refractivity contribution in [3.05, 3.63) is 39.5 Å². The zero-order valence-corrected chi connectivity index (χ0v) is 17.4. The van der Waals surface area contributed by atoms with E-state index < -0.39 is 5.97 Å². The van der Waals surface area contributed by atoms with Gasteiger partial charge in [0.2, 0.25) is 5.91 Å². The highest BCUT2D eigenvalue weighted by atomic mass is 32.1. The zero-order chi connectivity index (χ0) is 19.8. The Bertz CT molecular complexity index is 1050. The maximum absolute atomic E-state index is 12.7. The molecule has 1 aliphatic rings. The zero-order valence-electron chi connectivity index (χ0n) is 15.8. The molecule has 1 saturated carbocycles. The minimum Gasteiger partial charge on any atom is -0.455 e. The summed E-state index contributed by atoms with van der Waals surface area (Å²) in [6.45, 7) is 3.89. The van der Waals surface area contributed by atoms with Crippen LogP contribution in [0.1, 0.15) is 39.3 Å². The molecule has 0 spiro atoms. The Kier molecular flexibility index (Phi) is 5.03. The van der Waals surface area contributed by atoms with Gasteiger partial charge in [0.05, 0.1) is 17.5 Å². The fourth-order valence-corrected chi connectivity index (χ4v) is 4.60. The molecule has 1 N–H and O–H groups in total. The number of anilines is 1. The lowest BCUT2D eigenvalue weighted by molar-refractivity contribution is -0.117. The summed E-state index contributed by atoms with van der Waals surface area (Å²) in [6, 6.07) is 0. The Balaban J connectivity index is 1.45. The van der Waals surface area contributed by atoms with Crippen LogP contribution in [0.2, 0.25) is 0 Å². The van der Waals surface area contributed by atoms with Crippen LogP contribution in [0.5, 0.6) is 0 Å². The molecule has 0 atom stereocenters. The van der Waals surface area contributed by atoms with Gasteiger partial charge in [-0.3, -0.25) is 9.48 Å². The van der Waals surface area contributed by atoms with Gasteiger partial charge in [-0.2, -0.15) is 5.10 Å². The lowest BCUT2D eigenvalue weighted by atomic mass is 10.1. The minimum absolute atomic E-state index is 0.0177. The van der Waals surface area contributed by atoms with Crippen molar-refractivity contribution in [3.8, 4) is 10.6 Å². The summed E-state index contributed by atoms with van der Waals surface area (Å²) in [5, 5.41) is 10.3. The van der Waals surface area contributed by atoms with Gasteiger partial charge in [-0.1, -0.05) is 0 Å². The van der Waals surface area contributed by atoms with Gasteiger partial charge >= 0.3 is 5.97 Å². The first-order valence-corrected chi connectivity index (χ1v) is 10.6. The SMILES string of the molecule is Cc1sc(NC(=O)C2CC2)c(C(=O)OCc2csc(-c3cnn(C)c3)n2)c1C. The molecule has 3 aromatic rings. The van der Waals surface area contributed by atoms with E-state index in [4.69, 9.17) is 4.74 Å². The predicted octanol–water partition coefficient (Wildman–Crippen LogP) is 3.93. The number of nitrogens with zero attached hydrogens (tertiary/aromatic N) is 3. The first-order valence-electron chi connectivity index (χ1n) is 8.93. The van der Waals surface area contributed by atoms with Crippen LogP contribution >= 0.6 is 22.7 Å². The summed E-state index contributed by atoms with van der Waals surface area (Å²) in [7, 11) is 1.85. The number of rotatable bonds is 6. The van der Waals surface area contributed by atoms with Gasteiger partial charge in [0, 0.05) is 35.0 Å². The van der Waals surface area contributed by atoms with Gasteiger partial charge in [-0.15, -0.1) is 22.7 Å². The number of thiazole rings is 1. The van der Waals surface area contributed by atoms with Crippen molar-refractivity contribution in [2.24, 2.45) is 13.0 Å². The molecule has 0 unspecified atom stereocenters. The monoisotopic (exact) mass is 416 g/mol. The van der Waals surface area contributed by atoms with Gasteiger partial charge in [0.25, 0.3) is 0 Å². The van der Waals surface area contributed by atoms with Crippen molar-refractivity contribution >= 4 is 39.6 Å². The Morgan fingerprint density at radius 1 is 1.36 bits per heavy atom. The summed E-state index contributed by atoms with van der Waals surface area (Å²) in [4.78, 5) is 30.3. The molecule has 0 radical (unpaired) electrons. The van der Waals surface area contributed by atoms with E-state index >= 15 is 0 Å². The lowest BCUT2D eigenvalue weighted by Crippen LogP contribution is -2.16. The number of hydrogen-bond acceptors (Lipinski definition) is 7. The van der Waals surface area contributed by atoms with Crippen molar-refractivity contribution in [1.82, 2.24) is 14.8 Å². The van der Waals surface area contributed by atoms with Crippen molar-refractivity contribution in [2.75, 3.05) is 5.32 Å². The summed E-state index contributed by atoms with van der Waals surface area (Å²) in [5.74, 6) is -0.382. The minimum atomic E-state index is -0.441. The number of nitrogens with one attached hydrogen (secondary N) is 1. The van der Waals surface area contributed by atoms with Gasteiger partial charge < -0.3 is 10.1 Å². The number of carbonyl (C=O) groups excluding carboxylic acids is 2. The normalized spacial score (nSPS) is 13.5. The fraction of sp³-hybridized carbons (Fsp3) is 0.368. The molecular weight excluding hydrogens is 396 g/mol. The second-order valence-electron chi connectivity index (χ2n) is 6.87. The van der Waals surface area contributed by atoms with E-state index in [2.05, 4.69) is 15.4 Å². The highest BCUT2D eigenvalue weighted by molar-refractivity contribution is 7.16. The molecule has 0 aliphatic heterocycles. The molecule has 1 amide bonds. The molecule has 146 valence electrons. The standard InChI is InChI=1S/C19H20N4O3S2/c1-10-11(2)28-18(22-16(24)12-4-5-12)15(10)19(25)26-8-14-9-27-17(21-14)13-6-20-23(3)7-13/h6-7,9,12H,4-5,8H2,1-3H3,(H,22,24). The van der Waals surface area contributed by atoms with E-state index in [9.17, 15) is 9.59 Å². The number of carbonyl (C=O) groups is 2. The van der Waals surface area contributed by atoms with Gasteiger partial charge in [-0.05, 0) is 32.3 Å². The number of ether oxygens (including phenoxy) is 1. The first-order chi connectivity index (χ1) is 13.4. The molecule has 1 aliphatic carbocycles. The molecule has 0 aromatic carbocycles. The van der Waals surface area contributed by atoms with Gasteiger partial charge in [-0.25, -0.2) is 9.78 Å². The topological polar surface area (TPSA) is 86.1 Å². The number of aryl methyl sites for hydroxylation is 2. The highest BCUT2D eigenvalue weighted by Crippen LogP contribution is 2.36. The molecule has 4 rings (SSSR count). The third-order valence-corrected chi connectivity index (χ3v) is 6.69. The number of esters is 1. The van der Waals surface area contributed by atoms with Crippen molar-refractivity contribution < 1.29 is 14.3 Å². The highest BCUT2D eigenvalue weighted by Gasteiger charge is 2.31. The largest absolute Gasteiger partial charge is 0.455 e. The lowest BCUT2D eigenvalue weighted by Gasteiger charge is -2.07. The van der Waals surface area contributed by atoms with Crippen LogP contribution in [-0.4, -0.2) is 26.6 Å². The second kappa shape index (κ2) is 7.48. The van der Waals surface area contributed by atoms with Crippen LogP contribution in [0.4, 0.5) is 5.00 Å². The number of hydrogen-bond donors (Lipinski definition) is 1. The molecule has 28 heavy (non-hydrogen) atoms. The quantitative estimate of drug-likeness (QED) is 0.616. The molecule has 3 heterocycles. The fourth-order valence-electron chi connectivity index (χ4n) is 2.77. The van der Waals surface area contributed by atoms with Crippen LogP contribution in [0, 0.1) is 19.8 Å². The van der Waals surface area contributed by atoms with E-state index in [-0.39, 0.29) is 18.4 Å². The molecule has 1 fully saturated rings. The third kappa shape index (κ3) is 3.85. The van der Waals surface area contributed by atoms with Gasteiger partial charge in [0.1, 0.15) is 16.6 Å². The van der Waals surface area contributed by atoms with Crippen LogP contribution in [-0.2, 0) is 23.2 Å². The number of aromatic nitrogens is 3. The van der Waals surface area contributed by atoms with E-state index in [1.165, 1.54) is 22.7 Å². The van der Waals surface area contributed by atoms with Crippen LogP contribution in [0.25, 0.3) is 10.6 Å². The van der Waals surface area contributed by atoms with E-state index in [1.807, 2.05) is 32.5 Å². The third-order valence-electron chi connectivity index (χ3n) is 4.63. The van der Waals surface area contributed by atoms with E-state index in [0.717, 1.165) is 33.9 Å². The van der Waals surface area contributed by atoms with Crippen LogP contribution < -0.4 is 5.32 Å². The van der Waals surface area contributed by atoms with Crippen molar-refractivity contribution in [3.63, 3.8) is 0 Å². The van der Waals surface area contributed by atoms with E-state index in [1.54, 1.807) is 10.9 Å². The summed E-state index contributed by atoms with van der Waals surface area (Å²) >= 11 is 2.89. The summed E-state index contributed by atoms with van der Waals surface area (Å²) < 4.78 is 7.22. The van der Waals surface area contributed by atoms with E-state index in [0.29, 0.717) is 16.3 Å². The predicted molar refractivity (Wildman–Crippen MR) is 109 cm³/mol. The molecular formula is C19H20N4O3S2. The Hall–Kier alpha value is -2.52. The molecule has 9 heteroatoms. The number of thiophene rings is 1. The summed E-state index contributed by atoms with van der Waals surface area (Å²) in [6.07, 6.45) is 5.47. The van der Waals surface area contributed by atoms with Crippen molar-refractivity contribution in [1.29, 1.82) is 0 Å². The molecule has 3 aromatic heterocycles. The Morgan fingerprint density at radius 3 is 2.82 bits per heavy atom. The second-order valence-corrected chi connectivity index (χ2v) is 8.96. The maximum Gasteiger partial charge on any atom is 0.341 e. The average Bonchev–Trinajstić information content (AvgIpc) is 3.15. The Morgan fingerprint density at radius 2 is 2.14 bits per heavy atom.